The van der Waals surface area contributed by atoms with Crippen LogP contribution >= 0.6 is 34.7 Å². The van der Waals surface area contributed by atoms with Gasteiger partial charge in [0.05, 0.1) is 11.4 Å². The lowest BCUT2D eigenvalue weighted by Crippen LogP contribution is -2.30. The topological polar surface area (TPSA) is 100 Å². The van der Waals surface area contributed by atoms with Crippen molar-refractivity contribution in [2.45, 2.75) is 24.7 Å². The Labute approximate surface area is 281 Å². The van der Waals surface area contributed by atoms with Gasteiger partial charge in [0.15, 0.2) is 5.13 Å². The Kier molecular flexibility index (Phi) is 11.0. The molecule has 0 radical (unpaired) electrons. The van der Waals surface area contributed by atoms with Crippen molar-refractivity contribution >= 4 is 69.3 Å². The Balaban J connectivity index is 1.20. The van der Waals surface area contributed by atoms with Gasteiger partial charge in [-0.05, 0) is 65.6 Å². The van der Waals surface area contributed by atoms with E-state index in [1.54, 1.807) is 48.5 Å². The van der Waals surface area contributed by atoms with E-state index in [0.29, 0.717) is 33.0 Å². The number of benzene rings is 4. The summed E-state index contributed by atoms with van der Waals surface area (Å²) in [4.78, 5) is 44.2. The molecule has 5 aromatic rings. The molecule has 1 heterocycles. The Morgan fingerprint density at radius 2 is 1.57 bits per heavy atom. The molecule has 0 unspecified atom stereocenters. The summed E-state index contributed by atoms with van der Waals surface area (Å²) in [6.45, 7) is 4.23. The highest BCUT2D eigenvalue weighted by molar-refractivity contribution is 8.00. The van der Waals surface area contributed by atoms with E-state index >= 15 is 0 Å². The molecule has 1 aromatic heterocycles. The largest absolute Gasteiger partial charge is 0.321 e. The van der Waals surface area contributed by atoms with E-state index in [4.69, 9.17) is 11.6 Å². The van der Waals surface area contributed by atoms with E-state index < -0.39 is 5.91 Å². The molecule has 0 saturated heterocycles. The predicted molar refractivity (Wildman–Crippen MR) is 189 cm³/mol. The lowest BCUT2D eigenvalue weighted by molar-refractivity contribution is -0.114. The number of nitrogens with zero attached hydrogens (tertiary/aromatic N) is 1. The smallest absolute Gasteiger partial charge is 0.272 e. The third-order valence-electron chi connectivity index (χ3n) is 6.83. The molecule has 46 heavy (non-hydrogen) atoms. The first-order chi connectivity index (χ1) is 22.2. The van der Waals surface area contributed by atoms with Crippen LogP contribution in [-0.4, -0.2) is 28.5 Å². The molecule has 0 fully saturated rings. The van der Waals surface area contributed by atoms with Gasteiger partial charge in [-0.3, -0.25) is 14.4 Å². The quantitative estimate of drug-likeness (QED) is 0.0967. The highest BCUT2D eigenvalue weighted by atomic mass is 35.5. The van der Waals surface area contributed by atoms with Crippen molar-refractivity contribution in [1.29, 1.82) is 0 Å². The zero-order valence-electron chi connectivity index (χ0n) is 25.1. The van der Waals surface area contributed by atoms with Crippen LogP contribution in [0.1, 0.15) is 41.3 Å². The van der Waals surface area contributed by atoms with Crippen LogP contribution in [0.4, 0.5) is 10.8 Å². The average Bonchev–Trinajstić information content (AvgIpc) is 3.53. The summed E-state index contributed by atoms with van der Waals surface area (Å²) >= 11 is 8.96. The average molecular weight is 667 g/mol. The van der Waals surface area contributed by atoms with Crippen molar-refractivity contribution < 1.29 is 14.4 Å². The van der Waals surface area contributed by atoms with Crippen LogP contribution in [0, 0.1) is 0 Å². The Morgan fingerprint density at radius 3 is 2.26 bits per heavy atom. The molecule has 232 valence electrons. The summed E-state index contributed by atoms with van der Waals surface area (Å²) in [5.74, 6) is -0.478. The minimum Gasteiger partial charge on any atom is -0.321 e. The zero-order valence-corrected chi connectivity index (χ0v) is 27.5. The van der Waals surface area contributed by atoms with Gasteiger partial charge in [-0.15, -0.1) is 23.1 Å². The molecule has 0 aliphatic rings. The molecule has 7 nitrogen and oxygen atoms in total. The van der Waals surface area contributed by atoms with E-state index in [1.807, 2.05) is 66.0 Å². The third-order valence-corrected chi connectivity index (χ3v) is 8.92. The Bertz CT molecular complexity index is 1850. The van der Waals surface area contributed by atoms with Crippen LogP contribution in [0.5, 0.6) is 0 Å². The zero-order chi connectivity index (χ0) is 32.5. The van der Waals surface area contributed by atoms with E-state index in [1.165, 1.54) is 28.7 Å². The van der Waals surface area contributed by atoms with Crippen LogP contribution in [0.3, 0.4) is 0 Å². The second-order valence-electron chi connectivity index (χ2n) is 10.5. The lowest BCUT2D eigenvalue weighted by atomic mass is 10.0. The fourth-order valence-electron chi connectivity index (χ4n) is 4.35. The minimum absolute atomic E-state index is 0.112. The van der Waals surface area contributed by atoms with Crippen molar-refractivity contribution in [3.8, 4) is 11.3 Å². The van der Waals surface area contributed by atoms with Crippen molar-refractivity contribution in [3.05, 3.63) is 136 Å². The fourth-order valence-corrected chi connectivity index (χ4v) is 6.00. The summed E-state index contributed by atoms with van der Waals surface area (Å²) in [5, 5.41) is 11.4. The van der Waals surface area contributed by atoms with Gasteiger partial charge in [-0.25, -0.2) is 4.98 Å². The van der Waals surface area contributed by atoms with Crippen LogP contribution in [-0.2, 0) is 9.59 Å². The van der Waals surface area contributed by atoms with E-state index in [2.05, 4.69) is 34.8 Å². The highest BCUT2D eigenvalue weighted by Gasteiger charge is 2.16. The van der Waals surface area contributed by atoms with Crippen LogP contribution in [0.15, 0.2) is 119 Å². The molecule has 0 aliphatic heterocycles. The first-order valence-electron chi connectivity index (χ1n) is 14.5. The molecule has 0 saturated carbocycles. The van der Waals surface area contributed by atoms with Gasteiger partial charge in [0.1, 0.15) is 5.70 Å². The Hall–Kier alpha value is -4.70. The second kappa shape index (κ2) is 15.5. The monoisotopic (exact) mass is 666 g/mol. The van der Waals surface area contributed by atoms with Gasteiger partial charge in [0.25, 0.3) is 11.8 Å². The summed E-state index contributed by atoms with van der Waals surface area (Å²) in [7, 11) is 0. The number of carbonyl (C=O) groups is 3. The van der Waals surface area contributed by atoms with Crippen molar-refractivity contribution in [3.63, 3.8) is 0 Å². The summed E-state index contributed by atoms with van der Waals surface area (Å²) in [5.41, 5.74) is 4.58. The molecule has 3 N–H and O–H groups in total. The predicted octanol–water partition coefficient (Wildman–Crippen LogP) is 8.73. The lowest BCUT2D eigenvalue weighted by Gasteiger charge is -2.12. The number of hydrogen-bond acceptors (Lipinski definition) is 6. The minimum atomic E-state index is -0.461. The number of hydrogen-bond donors (Lipinski definition) is 3. The van der Waals surface area contributed by atoms with Crippen LogP contribution in [0.25, 0.3) is 17.3 Å². The van der Waals surface area contributed by atoms with E-state index in [9.17, 15) is 14.4 Å². The van der Waals surface area contributed by atoms with Gasteiger partial charge in [-0.1, -0.05) is 86.1 Å². The molecule has 10 heteroatoms. The number of amides is 3. The number of rotatable bonds is 11. The second-order valence-corrected chi connectivity index (χ2v) is 12.8. The molecular formula is C36H31ClN4O3S2. The molecule has 0 bridgehead atoms. The normalized spacial score (nSPS) is 11.3. The molecule has 0 spiro atoms. The number of aromatic nitrogens is 1. The number of nitrogens with one attached hydrogen (secondary N) is 3. The number of carbonyl (C=O) groups excluding carboxylic acids is 3. The van der Waals surface area contributed by atoms with Crippen LogP contribution < -0.4 is 16.0 Å². The van der Waals surface area contributed by atoms with Gasteiger partial charge in [-0.2, -0.15) is 0 Å². The van der Waals surface area contributed by atoms with E-state index in [-0.39, 0.29) is 23.3 Å². The SMILES string of the molecule is CC(C)c1ccc(/C=C(\NC(=O)c2ccccc2)C(=O)Nc2ccc(SCC(=O)Nc3nc(-c4ccccc4Cl)cs3)cc2)cc1. The maximum Gasteiger partial charge on any atom is 0.272 e. The standard InChI is InChI=1S/C36H31ClN4O3S2/c1-23(2)25-14-12-24(13-15-25)20-31(39-34(43)26-8-4-3-5-9-26)35(44)38-27-16-18-28(19-17-27)45-22-33(42)41-36-40-32(21-46-36)29-10-6-7-11-30(29)37/h3-21,23H,22H2,1-2H3,(H,38,44)(H,39,43)(H,40,41,42)/b31-20-. The van der Waals surface area contributed by atoms with Crippen molar-refractivity contribution in [2.24, 2.45) is 0 Å². The molecule has 5 rings (SSSR count). The fraction of sp³-hybridized carbons (Fsp3) is 0.111. The summed E-state index contributed by atoms with van der Waals surface area (Å²) in [6.07, 6.45) is 1.66. The first-order valence-corrected chi connectivity index (χ1v) is 16.7. The van der Waals surface area contributed by atoms with Gasteiger partial charge in [0.2, 0.25) is 5.91 Å². The van der Waals surface area contributed by atoms with Gasteiger partial charge >= 0.3 is 0 Å². The van der Waals surface area contributed by atoms with E-state index in [0.717, 1.165) is 16.0 Å². The maximum atomic E-state index is 13.4. The number of thioether (sulfide) groups is 1. The summed E-state index contributed by atoms with van der Waals surface area (Å²) in [6, 6.07) is 31.2. The highest BCUT2D eigenvalue weighted by Crippen LogP contribution is 2.30. The van der Waals surface area contributed by atoms with Crippen LogP contribution in [0.2, 0.25) is 5.02 Å². The first kappa shape index (κ1) is 32.7. The Morgan fingerprint density at radius 1 is 0.870 bits per heavy atom. The molecule has 0 atom stereocenters. The number of anilines is 2. The summed E-state index contributed by atoms with van der Waals surface area (Å²) < 4.78 is 0. The molecule has 4 aromatic carbocycles. The number of thiazole rings is 1. The van der Waals surface area contributed by atoms with Crippen molar-refractivity contribution in [2.75, 3.05) is 16.4 Å². The molecular weight excluding hydrogens is 636 g/mol. The molecule has 0 aliphatic carbocycles. The van der Waals surface area contributed by atoms with Gasteiger partial charge in [0, 0.05) is 32.1 Å². The third kappa shape index (κ3) is 8.94. The van der Waals surface area contributed by atoms with Gasteiger partial charge < -0.3 is 16.0 Å². The van der Waals surface area contributed by atoms with Crippen molar-refractivity contribution in [1.82, 2.24) is 10.3 Å². The maximum absolute atomic E-state index is 13.4. The molecule has 3 amide bonds. The number of halogens is 1.